The molecule has 0 aromatic carbocycles. The zero-order chi connectivity index (χ0) is 13.0. The Balaban J connectivity index is 1.91. The van der Waals surface area contributed by atoms with Crippen molar-refractivity contribution in [2.24, 2.45) is 17.7 Å². The molecule has 0 aliphatic heterocycles. The largest absolute Gasteiger partial charge is 0.370 e. The van der Waals surface area contributed by atoms with Crippen molar-refractivity contribution in [2.45, 2.75) is 39.5 Å². The Morgan fingerprint density at radius 2 is 2.22 bits per heavy atom. The van der Waals surface area contributed by atoms with Gasteiger partial charge < -0.3 is 5.32 Å². The molecule has 4 N–H and O–H groups in total. The molecule has 5 nitrogen and oxygen atoms in total. The molecule has 1 aliphatic carbocycles. The first-order chi connectivity index (χ1) is 8.67. The van der Waals surface area contributed by atoms with Crippen LogP contribution in [0.4, 0.5) is 11.8 Å². The first kappa shape index (κ1) is 13.1. The lowest BCUT2D eigenvalue weighted by molar-refractivity contribution is 0.293. The minimum atomic E-state index is 0.467. The molecule has 100 valence electrons. The van der Waals surface area contributed by atoms with E-state index in [0.29, 0.717) is 5.95 Å². The normalized spacial score (nSPS) is 23.7. The summed E-state index contributed by atoms with van der Waals surface area (Å²) in [4.78, 5) is 8.47. The van der Waals surface area contributed by atoms with Gasteiger partial charge in [0.15, 0.2) is 0 Å². The number of hydrogen-bond acceptors (Lipinski definition) is 5. The van der Waals surface area contributed by atoms with Crippen molar-refractivity contribution in [3.63, 3.8) is 0 Å². The van der Waals surface area contributed by atoms with Gasteiger partial charge >= 0.3 is 0 Å². The fourth-order valence-electron chi connectivity index (χ4n) is 2.72. The van der Waals surface area contributed by atoms with Crippen LogP contribution in [0.2, 0.25) is 0 Å². The summed E-state index contributed by atoms with van der Waals surface area (Å²) < 4.78 is 0. The van der Waals surface area contributed by atoms with Crippen LogP contribution in [0.15, 0.2) is 6.07 Å². The van der Waals surface area contributed by atoms with E-state index >= 15 is 0 Å². The average molecular weight is 249 g/mol. The maximum atomic E-state index is 5.34. The molecule has 1 aliphatic rings. The third-order valence-electron chi connectivity index (χ3n) is 3.60. The highest BCUT2D eigenvalue weighted by molar-refractivity contribution is 5.41. The lowest BCUT2D eigenvalue weighted by Gasteiger charge is -2.27. The van der Waals surface area contributed by atoms with Crippen molar-refractivity contribution in [2.75, 3.05) is 17.3 Å². The quantitative estimate of drug-likeness (QED) is 0.564. The van der Waals surface area contributed by atoms with Gasteiger partial charge in [-0.05, 0) is 31.6 Å². The van der Waals surface area contributed by atoms with Crippen molar-refractivity contribution in [1.29, 1.82) is 0 Å². The molecule has 1 fully saturated rings. The number of rotatable bonds is 4. The molecule has 1 aromatic rings. The summed E-state index contributed by atoms with van der Waals surface area (Å²) >= 11 is 0. The average Bonchev–Trinajstić information content (AvgIpc) is 2.36. The molecular weight excluding hydrogens is 226 g/mol. The van der Waals surface area contributed by atoms with Gasteiger partial charge in [-0.3, -0.25) is 5.43 Å². The maximum Gasteiger partial charge on any atom is 0.239 e. The van der Waals surface area contributed by atoms with E-state index in [9.17, 15) is 0 Å². The Morgan fingerprint density at radius 1 is 1.39 bits per heavy atom. The zero-order valence-corrected chi connectivity index (χ0v) is 11.2. The van der Waals surface area contributed by atoms with Crippen molar-refractivity contribution in [3.8, 4) is 0 Å². The number of nitrogen functional groups attached to an aromatic ring is 1. The second-order valence-electron chi connectivity index (χ2n) is 5.38. The summed E-state index contributed by atoms with van der Waals surface area (Å²) in [7, 11) is 0. The van der Waals surface area contributed by atoms with Crippen LogP contribution < -0.4 is 16.6 Å². The van der Waals surface area contributed by atoms with Gasteiger partial charge in [-0.15, -0.1) is 0 Å². The van der Waals surface area contributed by atoms with Crippen LogP contribution >= 0.6 is 0 Å². The van der Waals surface area contributed by atoms with Crippen LogP contribution in [-0.2, 0) is 0 Å². The van der Waals surface area contributed by atoms with E-state index in [1.165, 1.54) is 25.7 Å². The summed E-state index contributed by atoms with van der Waals surface area (Å²) in [5, 5.41) is 3.40. The van der Waals surface area contributed by atoms with Gasteiger partial charge in [0, 0.05) is 18.3 Å². The van der Waals surface area contributed by atoms with Gasteiger partial charge in [-0.2, -0.15) is 4.98 Å². The zero-order valence-electron chi connectivity index (χ0n) is 11.2. The lowest BCUT2D eigenvalue weighted by Crippen LogP contribution is -2.21. The summed E-state index contributed by atoms with van der Waals surface area (Å²) in [6, 6.07) is 1.95. The monoisotopic (exact) mass is 249 g/mol. The Morgan fingerprint density at radius 3 is 2.94 bits per heavy atom. The number of hydrogen-bond donors (Lipinski definition) is 3. The molecule has 0 radical (unpaired) electrons. The predicted molar refractivity (Wildman–Crippen MR) is 74.2 cm³/mol. The smallest absolute Gasteiger partial charge is 0.239 e. The lowest BCUT2D eigenvalue weighted by atomic mass is 9.82. The maximum absolute atomic E-state index is 5.34. The highest BCUT2D eigenvalue weighted by atomic mass is 15.3. The van der Waals surface area contributed by atoms with Crippen LogP contribution in [0.5, 0.6) is 0 Å². The van der Waals surface area contributed by atoms with Crippen molar-refractivity contribution in [3.05, 3.63) is 11.8 Å². The van der Waals surface area contributed by atoms with Gasteiger partial charge in [-0.25, -0.2) is 10.8 Å². The predicted octanol–water partition coefficient (Wildman–Crippen LogP) is 2.31. The van der Waals surface area contributed by atoms with Crippen LogP contribution in [0.1, 0.15) is 38.3 Å². The number of anilines is 2. The molecule has 1 aromatic heterocycles. The molecular formula is C13H23N5. The Bertz CT molecular complexity index is 393. The number of nitrogens with zero attached hydrogens (tertiary/aromatic N) is 2. The first-order valence-electron chi connectivity index (χ1n) is 6.73. The number of aromatic nitrogens is 2. The molecule has 2 unspecified atom stereocenters. The molecule has 2 atom stereocenters. The van der Waals surface area contributed by atoms with Crippen molar-refractivity contribution < 1.29 is 0 Å². The van der Waals surface area contributed by atoms with Gasteiger partial charge in [0.05, 0.1) is 0 Å². The summed E-state index contributed by atoms with van der Waals surface area (Å²) in [5.74, 6) is 8.29. The standard InChI is InChI=1S/C13H23N5/c1-9-4-3-5-11(6-9)8-15-12-7-10(2)16-13(17-12)18-14/h7,9,11H,3-6,8,14H2,1-2H3,(H2,15,16,17,18). The van der Waals surface area contributed by atoms with E-state index in [0.717, 1.165) is 29.9 Å². The topological polar surface area (TPSA) is 75.9 Å². The first-order valence-corrected chi connectivity index (χ1v) is 6.73. The van der Waals surface area contributed by atoms with Crippen molar-refractivity contribution >= 4 is 11.8 Å². The highest BCUT2D eigenvalue weighted by Crippen LogP contribution is 2.28. The summed E-state index contributed by atoms with van der Waals surface area (Å²) in [5.41, 5.74) is 3.41. The fraction of sp³-hybridized carbons (Fsp3) is 0.692. The van der Waals surface area contributed by atoms with E-state index in [1.807, 2.05) is 13.0 Å². The fourth-order valence-corrected chi connectivity index (χ4v) is 2.72. The van der Waals surface area contributed by atoms with Gasteiger partial charge in [0.25, 0.3) is 0 Å². The van der Waals surface area contributed by atoms with Gasteiger partial charge in [0.2, 0.25) is 5.95 Å². The molecule has 1 heterocycles. The second-order valence-corrected chi connectivity index (χ2v) is 5.38. The molecule has 0 spiro atoms. The molecule has 2 rings (SSSR count). The van der Waals surface area contributed by atoms with E-state index in [-0.39, 0.29) is 0 Å². The molecule has 0 bridgehead atoms. The summed E-state index contributed by atoms with van der Waals surface area (Å²) in [6.45, 7) is 5.28. The SMILES string of the molecule is Cc1cc(NCC2CCCC(C)C2)nc(NN)n1. The third kappa shape index (κ3) is 3.57. The third-order valence-corrected chi connectivity index (χ3v) is 3.60. The van der Waals surface area contributed by atoms with E-state index in [2.05, 4.69) is 27.6 Å². The van der Waals surface area contributed by atoms with E-state index in [1.54, 1.807) is 0 Å². The van der Waals surface area contributed by atoms with Gasteiger partial charge in [-0.1, -0.05) is 19.8 Å². The Labute approximate surface area is 109 Å². The van der Waals surface area contributed by atoms with Crippen molar-refractivity contribution in [1.82, 2.24) is 9.97 Å². The number of nitrogens with two attached hydrogens (primary N) is 1. The molecule has 0 saturated heterocycles. The van der Waals surface area contributed by atoms with Crippen LogP contribution in [0.25, 0.3) is 0 Å². The minimum Gasteiger partial charge on any atom is -0.370 e. The second kappa shape index (κ2) is 6.00. The van der Waals surface area contributed by atoms with Gasteiger partial charge in [0.1, 0.15) is 5.82 Å². The van der Waals surface area contributed by atoms with E-state index < -0.39 is 0 Å². The van der Waals surface area contributed by atoms with Crippen LogP contribution in [-0.4, -0.2) is 16.5 Å². The van der Waals surface area contributed by atoms with E-state index in [4.69, 9.17) is 5.84 Å². The molecule has 1 saturated carbocycles. The number of hydrazine groups is 1. The number of nitrogens with one attached hydrogen (secondary N) is 2. The molecule has 0 amide bonds. The van der Waals surface area contributed by atoms with Crippen LogP contribution in [0, 0.1) is 18.8 Å². The number of aryl methyl sites for hydroxylation is 1. The minimum absolute atomic E-state index is 0.467. The summed E-state index contributed by atoms with van der Waals surface area (Å²) in [6.07, 6.45) is 5.37. The molecule has 18 heavy (non-hydrogen) atoms. The molecule has 5 heteroatoms. The van der Waals surface area contributed by atoms with Crippen LogP contribution in [0.3, 0.4) is 0 Å². The Hall–Kier alpha value is -1.36. The Kier molecular flexibility index (Phi) is 4.36. The highest BCUT2D eigenvalue weighted by Gasteiger charge is 2.18.